The predicted octanol–water partition coefficient (Wildman–Crippen LogP) is 1.55. The Balaban J connectivity index is 0. The first kappa shape index (κ1) is 15.2. The predicted molar refractivity (Wildman–Crippen MR) is 59.7 cm³/mol. The van der Waals surface area contributed by atoms with Gasteiger partial charge in [0.15, 0.2) is 0 Å². The molecule has 1 aromatic heterocycles. The second-order valence-corrected chi connectivity index (χ2v) is 2.70. The van der Waals surface area contributed by atoms with Crippen molar-refractivity contribution in [2.45, 2.75) is 19.3 Å². The number of nitrogens with two attached hydrogens (primary N) is 1. The highest BCUT2D eigenvalue weighted by Gasteiger charge is 1.96. The van der Waals surface area contributed by atoms with Crippen molar-refractivity contribution in [1.29, 1.82) is 0 Å². The Morgan fingerprint density at radius 1 is 1.38 bits per heavy atom. The molecule has 0 aliphatic rings. The lowest BCUT2D eigenvalue weighted by Crippen LogP contribution is -2.01. The summed E-state index contributed by atoms with van der Waals surface area (Å²) in [4.78, 5) is 4.21. The van der Waals surface area contributed by atoms with Crippen LogP contribution < -0.4 is 5.73 Å². The molecule has 2 N–H and O–H groups in total. The second kappa shape index (κ2) is 8.35. The van der Waals surface area contributed by atoms with Crippen molar-refractivity contribution in [3.8, 4) is 0 Å². The molecule has 13 heavy (non-hydrogen) atoms. The number of imidazole rings is 1. The zero-order chi connectivity index (χ0) is 8.10. The van der Waals surface area contributed by atoms with Gasteiger partial charge in [-0.25, -0.2) is 4.98 Å². The molecular formula is C8H17Cl2N3. The first-order chi connectivity index (χ1) is 5.34. The number of nitrogens with zero attached hydrogens (tertiary/aromatic N) is 2. The topological polar surface area (TPSA) is 43.8 Å². The normalized spacial score (nSPS) is 8.77. The highest BCUT2D eigenvalue weighted by atomic mass is 35.5. The molecule has 0 saturated carbocycles. The van der Waals surface area contributed by atoms with Crippen molar-refractivity contribution in [2.24, 2.45) is 12.8 Å². The van der Waals surface area contributed by atoms with E-state index in [2.05, 4.69) is 9.55 Å². The van der Waals surface area contributed by atoms with E-state index >= 15 is 0 Å². The summed E-state index contributed by atoms with van der Waals surface area (Å²) in [5, 5.41) is 0. The van der Waals surface area contributed by atoms with E-state index in [1.165, 1.54) is 0 Å². The van der Waals surface area contributed by atoms with Gasteiger partial charge in [-0.1, -0.05) is 0 Å². The summed E-state index contributed by atoms with van der Waals surface area (Å²) in [5.41, 5.74) is 5.38. The minimum absolute atomic E-state index is 0. The molecule has 0 aromatic carbocycles. The summed E-state index contributed by atoms with van der Waals surface area (Å²) in [7, 11) is 2.02. The van der Waals surface area contributed by atoms with Crippen molar-refractivity contribution in [3.05, 3.63) is 18.2 Å². The van der Waals surface area contributed by atoms with Gasteiger partial charge in [-0.3, -0.25) is 0 Å². The molecule has 0 aliphatic carbocycles. The zero-order valence-corrected chi connectivity index (χ0v) is 9.40. The molecule has 5 heteroatoms. The van der Waals surface area contributed by atoms with E-state index in [0.717, 1.165) is 31.6 Å². The van der Waals surface area contributed by atoms with Crippen LogP contribution in [0.1, 0.15) is 18.7 Å². The fourth-order valence-corrected chi connectivity index (χ4v) is 1.06. The van der Waals surface area contributed by atoms with Gasteiger partial charge < -0.3 is 10.3 Å². The van der Waals surface area contributed by atoms with Crippen molar-refractivity contribution in [1.82, 2.24) is 9.55 Å². The van der Waals surface area contributed by atoms with E-state index in [4.69, 9.17) is 5.73 Å². The molecule has 1 heterocycles. The van der Waals surface area contributed by atoms with Gasteiger partial charge in [0.05, 0.1) is 0 Å². The number of aryl methyl sites for hydroxylation is 2. The van der Waals surface area contributed by atoms with Crippen molar-refractivity contribution in [3.63, 3.8) is 0 Å². The van der Waals surface area contributed by atoms with E-state index in [9.17, 15) is 0 Å². The molecule has 0 atom stereocenters. The van der Waals surface area contributed by atoms with E-state index in [-0.39, 0.29) is 24.8 Å². The van der Waals surface area contributed by atoms with E-state index in [1.54, 1.807) is 0 Å². The van der Waals surface area contributed by atoms with Crippen LogP contribution in [0.3, 0.4) is 0 Å². The number of unbranched alkanes of at least 4 members (excludes halogenated alkanes) is 1. The number of aromatic nitrogens is 2. The van der Waals surface area contributed by atoms with Gasteiger partial charge in [0, 0.05) is 25.9 Å². The van der Waals surface area contributed by atoms with Crippen LogP contribution in [0.25, 0.3) is 0 Å². The smallest absolute Gasteiger partial charge is 0.108 e. The molecule has 0 aliphatic heterocycles. The van der Waals surface area contributed by atoms with Gasteiger partial charge in [-0.15, -0.1) is 24.8 Å². The molecule has 1 aromatic rings. The highest BCUT2D eigenvalue weighted by Crippen LogP contribution is 2.00. The maximum Gasteiger partial charge on any atom is 0.108 e. The van der Waals surface area contributed by atoms with Gasteiger partial charge in [0.25, 0.3) is 0 Å². The molecule has 0 saturated heterocycles. The van der Waals surface area contributed by atoms with Crippen LogP contribution >= 0.6 is 24.8 Å². The maximum absolute atomic E-state index is 5.38. The van der Waals surface area contributed by atoms with Crippen molar-refractivity contribution < 1.29 is 0 Å². The number of hydrogen-bond donors (Lipinski definition) is 1. The van der Waals surface area contributed by atoms with Crippen LogP contribution in [-0.4, -0.2) is 16.1 Å². The van der Waals surface area contributed by atoms with Crippen molar-refractivity contribution in [2.75, 3.05) is 6.54 Å². The summed E-state index contributed by atoms with van der Waals surface area (Å²) in [6, 6.07) is 0. The van der Waals surface area contributed by atoms with Crippen molar-refractivity contribution >= 4 is 24.8 Å². The van der Waals surface area contributed by atoms with Gasteiger partial charge in [-0.2, -0.15) is 0 Å². The highest BCUT2D eigenvalue weighted by molar-refractivity contribution is 5.85. The minimum atomic E-state index is 0. The number of rotatable bonds is 4. The van der Waals surface area contributed by atoms with Crippen LogP contribution in [0.5, 0.6) is 0 Å². The molecular weight excluding hydrogens is 209 g/mol. The molecule has 78 valence electrons. The fourth-order valence-electron chi connectivity index (χ4n) is 1.06. The molecule has 0 amide bonds. The lowest BCUT2D eigenvalue weighted by molar-refractivity contribution is 0.688. The third kappa shape index (κ3) is 5.13. The van der Waals surface area contributed by atoms with E-state index in [0.29, 0.717) is 0 Å². The fraction of sp³-hybridized carbons (Fsp3) is 0.625. The lowest BCUT2D eigenvalue weighted by Gasteiger charge is -1.99. The molecule has 0 radical (unpaired) electrons. The van der Waals surface area contributed by atoms with Gasteiger partial charge in [0.1, 0.15) is 5.82 Å². The maximum atomic E-state index is 5.38. The van der Waals surface area contributed by atoms with Crippen LogP contribution in [0.4, 0.5) is 0 Å². The molecule has 3 nitrogen and oxygen atoms in total. The number of hydrogen-bond acceptors (Lipinski definition) is 2. The Bertz CT molecular complexity index is 213. The average molecular weight is 226 g/mol. The summed E-state index contributed by atoms with van der Waals surface area (Å²) in [6.45, 7) is 0.782. The standard InChI is InChI=1S/C8H15N3.2ClH/c1-11-7-6-10-8(11)4-2-3-5-9;;/h6-7H,2-5,9H2,1H3;2*1H. The average Bonchev–Trinajstić information content (AvgIpc) is 2.37. The van der Waals surface area contributed by atoms with Crippen LogP contribution in [-0.2, 0) is 13.5 Å². The van der Waals surface area contributed by atoms with Crippen LogP contribution in [0, 0.1) is 0 Å². The zero-order valence-electron chi connectivity index (χ0n) is 7.77. The summed E-state index contributed by atoms with van der Waals surface area (Å²) in [6.07, 6.45) is 7.07. The monoisotopic (exact) mass is 225 g/mol. The third-order valence-corrected chi connectivity index (χ3v) is 1.78. The Kier molecular flexibility index (Phi) is 9.79. The summed E-state index contributed by atoms with van der Waals surface area (Å²) >= 11 is 0. The Labute approximate surface area is 91.5 Å². The first-order valence-electron chi connectivity index (χ1n) is 4.01. The second-order valence-electron chi connectivity index (χ2n) is 2.70. The lowest BCUT2D eigenvalue weighted by atomic mass is 10.2. The van der Waals surface area contributed by atoms with Crippen LogP contribution in [0.2, 0.25) is 0 Å². The van der Waals surface area contributed by atoms with E-state index < -0.39 is 0 Å². The largest absolute Gasteiger partial charge is 0.338 e. The Hall–Kier alpha value is -0.250. The SMILES string of the molecule is Cl.Cl.Cn1ccnc1CCCCN. The van der Waals surface area contributed by atoms with E-state index in [1.807, 2.05) is 19.4 Å². The minimum Gasteiger partial charge on any atom is -0.338 e. The molecule has 0 spiro atoms. The Morgan fingerprint density at radius 2 is 2.08 bits per heavy atom. The first-order valence-corrected chi connectivity index (χ1v) is 4.01. The van der Waals surface area contributed by atoms with Gasteiger partial charge >= 0.3 is 0 Å². The van der Waals surface area contributed by atoms with Gasteiger partial charge in [-0.05, 0) is 19.4 Å². The van der Waals surface area contributed by atoms with Gasteiger partial charge in [0.2, 0.25) is 0 Å². The number of halogens is 2. The summed E-state index contributed by atoms with van der Waals surface area (Å²) < 4.78 is 2.05. The molecule has 1 rings (SSSR count). The molecule has 0 unspecified atom stereocenters. The molecule has 0 fully saturated rings. The summed E-state index contributed by atoms with van der Waals surface area (Å²) in [5.74, 6) is 1.15. The molecule has 0 bridgehead atoms. The van der Waals surface area contributed by atoms with Crippen LogP contribution in [0.15, 0.2) is 12.4 Å². The third-order valence-electron chi connectivity index (χ3n) is 1.78. The Morgan fingerprint density at radius 3 is 2.54 bits per heavy atom. The quantitative estimate of drug-likeness (QED) is 0.791.